The topological polar surface area (TPSA) is 134 Å². The van der Waals surface area contributed by atoms with E-state index in [2.05, 4.69) is 0 Å². The second kappa shape index (κ2) is 6.73. The SMILES string of the molecule is O=c1[nH]c(=O)n([C@@H]2O[C@H](C(O)C3CCCCO3)[C@@H](O)[C@H]2O)cc1F. The number of aromatic nitrogens is 2. The fourth-order valence-corrected chi connectivity index (χ4v) is 3.09. The Hall–Kier alpha value is -1.59. The molecule has 2 aliphatic rings. The number of aliphatic hydroxyl groups excluding tert-OH is 3. The Labute approximate surface area is 135 Å². The smallest absolute Gasteiger partial charge is 0.330 e. The highest BCUT2D eigenvalue weighted by molar-refractivity contribution is 4.98. The lowest BCUT2D eigenvalue weighted by molar-refractivity contribution is -0.145. The van der Waals surface area contributed by atoms with Crippen LogP contribution in [0.1, 0.15) is 25.5 Å². The first-order chi connectivity index (χ1) is 11.4. The molecule has 0 aromatic carbocycles. The molecule has 0 radical (unpaired) electrons. The van der Waals surface area contributed by atoms with Crippen LogP contribution in [0.3, 0.4) is 0 Å². The molecule has 0 bridgehead atoms. The van der Waals surface area contributed by atoms with Gasteiger partial charge in [0.2, 0.25) is 5.82 Å². The first-order valence-electron chi connectivity index (χ1n) is 7.72. The Balaban J connectivity index is 1.83. The third kappa shape index (κ3) is 3.03. The van der Waals surface area contributed by atoms with E-state index in [1.54, 1.807) is 4.98 Å². The van der Waals surface area contributed by atoms with E-state index in [0.717, 1.165) is 12.8 Å². The minimum absolute atomic E-state index is 0.473. The maximum atomic E-state index is 13.4. The number of aliphatic hydroxyl groups is 3. The summed E-state index contributed by atoms with van der Waals surface area (Å²) in [5.74, 6) is -1.24. The average molecular weight is 346 g/mol. The highest BCUT2D eigenvalue weighted by Crippen LogP contribution is 2.32. The summed E-state index contributed by atoms with van der Waals surface area (Å²) in [7, 11) is 0. The van der Waals surface area contributed by atoms with Crippen molar-refractivity contribution in [2.45, 2.75) is 56.0 Å². The molecule has 2 saturated heterocycles. The van der Waals surface area contributed by atoms with Crippen molar-refractivity contribution in [1.29, 1.82) is 0 Å². The fraction of sp³-hybridized carbons (Fsp3) is 0.714. The quantitative estimate of drug-likeness (QED) is 0.509. The van der Waals surface area contributed by atoms with E-state index in [1.165, 1.54) is 0 Å². The van der Waals surface area contributed by atoms with Gasteiger partial charge in [0, 0.05) is 6.61 Å². The Kier molecular flexibility index (Phi) is 4.83. The molecule has 0 aliphatic carbocycles. The minimum atomic E-state index is -1.59. The Morgan fingerprint density at radius 3 is 2.71 bits per heavy atom. The molecule has 10 heteroatoms. The van der Waals surface area contributed by atoms with E-state index in [4.69, 9.17) is 9.47 Å². The first-order valence-corrected chi connectivity index (χ1v) is 7.72. The van der Waals surface area contributed by atoms with Crippen LogP contribution >= 0.6 is 0 Å². The van der Waals surface area contributed by atoms with Crippen molar-refractivity contribution >= 4 is 0 Å². The number of H-pyrrole nitrogens is 1. The lowest BCUT2D eigenvalue weighted by Crippen LogP contribution is -2.46. The molecule has 1 aromatic rings. The number of aromatic amines is 1. The number of nitrogens with one attached hydrogen (secondary N) is 1. The van der Waals surface area contributed by atoms with Crippen molar-refractivity contribution in [2.75, 3.05) is 6.61 Å². The van der Waals surface area contributed by atoms with Gasteiger partial charge in [-0.1, -0.05) is 0 Å². The zero-order chi connectivity index (χ0) is 17.4. The van der Waals surface area contributed by atoms with E-state index in [-0.39, 0.29) is 0 Å². The molecule has 1 aromatic heterocycles. The van der Waals surface area contributed by atoms with Crippen molar-refractivity contribution < 1.29 is 29.2 Å². The summed E-state index contributed by atoms with van der Waals surface area (Å²) >= 11 is 0. The number of halogens is 1. The van der Waals surface area contributed by atoms with Gasteiger partial charge >= 0.3 is 5.69 Å². The number of ether oxygens (including phenoxy) is 2. The molecular formula is C14H19FN2O7. The Bertz CT molecular complexity index is 699. The summed E-state index contributed by atoms with van der Waals surface area (Å²) in [6.07, 6.45) is -4.65. The zero-order valence-corrected chi connectivity index (χ0v) is 12.7. The molecule has 3 heterocycles. The van der Waals surface area contributed by atoms with Crippen molar-refractivity contribution in [2.24, 2.45) is 0 Å². The normalized spacial score (nSPS) is 35.1. The van der Waals surface area contributed by atoms with Gasteiger partial charge < -0.3 is 24.8 Å². The van der Waals surface area contributed by atoms with Gasteiger partial charge in [-0.2, -0.15) is 4.39 Å². The summed E-state index contributed by atoms with van der Waals surface area (Å²) in [4.78, 5) is 24.6. The van der Waals surface area contributed by atoms with Crippen LogP contribution in [0.4, 0.5) is 4.39 Å². The van der Waals surface area contributed by atoms with Gasteiger partial charge in [0.05, 0.1) is 12.3 Å². The zero-order valence-electron chi connectivity index (χ0n) is 12.7. The van der Waals surface area contributed by atoms with Crippen molar-refractivity contribution in [1.82, 2.24) is 9.55 Å². The molecule has 3 rings (SSSR count). The second-order valence-corrected chi connectivity index (χ2v) is 6.01. The van der Waals surface area contributed by atoms with Crippen molar-refractivity contribution in [3.8, 4) is 0 Å². The second-order valence-electron chi connectivity index (χ2n) is 6.01. The number of hydrogen-bond donors (Lipinski definition) is 4. The highest BCUT2D eigenvalue weighted by Gasteiger charge is 2.49. The van der Waals surface area contributed by atoms with E-state index < -0.39 is 53.8 Å². The van der Waals surface area contributed by atoms with E-state index in [1.807, 2.05) is 0 Å². The molecule has 6 atom stereocenters. The van der Waals surface area contributed by atoms with Gasteiger partial charge in [-0.3, -0.25) is 14.3 Å². The molecule has 0 saturated carbocycles. The summed E-state index contributed by atoms with van der Waals surface area (Å²) < 4.78 is 24.9. The summed E-state index contributed by atoms with van der Waals surface area (Å²) in [5.41, 5.74) is -2.20. The van der Waals surface area contributed by atoms with Crippen LogP contribution in [0.2, 0.25) is 0 Å². The predicted octanol–water partition coefficient (Wildman–Crippen LogP) is -1.78. The lowest BCUT2D eigenvalue weighted by atomic mass is 9.96. The van der Waals surface area contributed by atoms with Crippen LogP contribution in [0.15, 0.2) is 15.8 Å². The highest BCUT2D eigenvalue weighted by atomic mass is 19.1. The first kappa shape index (κ1) is 17.2. The molecule has 0 spiro atoms. The standard InChI is InChI=1S/C14H19FN2O7/c15-6-5-17(14(22)16-12(6)21)13-10(20)9(19)11(24-13)8(18)7-3-1-2-4-23-7/h5,7-11,13,18-20H,1-4H2,(H,16,21,22)/t7?,8?,9-,10+,11+,13+/m0/s1. The third-order valence-electron chi connectivity index (χ3n) is 4.41. The van der Waals surface area contributed by atoms with Gasteiger partial charge in [0.25, 0.3) is 5.56 Å². The maximum absolute atomic E-state index is 13.4. The van der Waals surface area contributed by atoms with Gasteiger partial charge in [0.15, 0.2) is 6.23 Å². The van der Waals surface area contributed by atoms with Gasteiger partial charge in [-0.15, -0.1) is 0 Å². The van der Waals surface area contributed by atoms with Crippen LogP contribution in [0.5, 0.6) is 0 Å². The Morgan fingerprint density at radius 1 is 1.29 bits per heavy atom. The molecule has 4 N–H and O–H groups in total. The number of nitrogens with zero attached hydrogens (tertiary/aromatic N) is 1. The number of rotatable bonds is 3. The van der Waals surface area contributed by atoms with Gasteiger partial charge in [0.1, 0.15) is 24.4 Å². The maximum Gasteiger partial charge on any atom is 0.330 e. The van der Waals surface area contributed by atoms with E-state index in [0.29, 0.717) is 23.8 Å². The predicted molar refractivity (Wildman–Crippen MR) is 76.8 cm³/mol. The molecule has 2 aliphatic heterocycles. The van der Waals surface area contributed by atoms with Gasteiger partial charge in [-0.05, 0) is 19.3 Å². The minimum Gasteiger partial charge on any atom is -0.388 e. The van der Waals surface area contributed by atoms with Crippen LogP contribution < -0.4 is 11.2 Å². The third-order valence-corrected chi connectivity index (χ3v) is 4.41. The van der Waals surface area contributed by atoms with Crippen LogP contribution in [-0.4, -0.2) is 62.0 Å². The van der Waals surface area contributed by atoms with Crippen LogP contribution in [0.25, 0.3) is 0 Å². The fourth-order valence-electron chi connectivity index (χ4n) is 3.09. The average Bonchev–Trinajstić information content (AvgIpc) is 2.87. The molecule has 134 valence electrons. The molecular weight excluding hydrogens is 327 g/mol. The van der Waals surface area contributed by atoms with Gasteiger partial charge in [-0.25, -0.2) is 4.79 Å². The molecule has 9 nitrogen and oxygen atoms in total. The number of hydrogen-bond acceptors (Lipinski definition) is 7. The largest absolute Gasteiger partial charge is 0.388 e. The van der Waals surface area contributed by atoms with Crippen molar-refractivity contribution in [3.05, 3.63) is 32.9 Å². The van der Waals surface area contributed by atoms with Crippen molar-refractivity contribution in [3.63, 3.8) is 0 Å². The summed E-state index contributed by atoms with van der Waals surface area (Å²) in [6.45, 7) is 0.473. The molecule has 0 amide bonds. The summed E-state index contributed by atoms with van der Waals surface area (Å²) in [5, 5.41) is 30.6. The van der Waals surface area contributed by atoms with E-state index >= 15 is 0 Å². The lowest BCUT2D eigenvalue weighted by Gasteiger charge is -2.31. The molecule has 24 heavy (non-hydrogen) atoms. The van der Waals surface area contributed by atoms with Crippen LogP contribution in [0, 0.1) is 5.82 Å². The summed E-state index contributed by atoms with van der Waals surface area (Å²) in [6, 6.07) is 0. The molecule has 2 unspecified atom stereocenters. The molecule has 2 fully saturated rings. The van der Waals surface area contributed by atoms with E-state index in [9.17, 15) is 29.3 Å². The van der Waals surface area contributed by atoms with Crippen LogP contribution in [-0.2, 0) is 9.47 Å². The Morgan fingerprint density at radius 2 is 2.04 bits per heavy atom. The monoisotopic (exact) mass is 346 g/mol.